The van der Waals surface area contributed by atoms with Gasteiger partial charge in [-0.3, -0.25) is 9.59 Å². The van der Waals surface area contributed by atoms with Gasteiger partial charge >= 0.3 is 0 Å². The zero-order valence-electron chi connectivity index (χ0n) is 16.9. The van der Waals surface area contributed by atoms with Crippen LogP contribution in [0, 0.1) is 12.8 Å². The highest BCUT2D eigenvalue weighted by molar-refractivity contribution is 7.99. The number of likely N-dealkylation sites (tertiary alicyclic amines) is 1. The maximum atomic E-state index is 12.6. The molecule has 0 unspecified atom stereocenters. The number of aryl methyl sites for hydroxylation is 1. The van der Waals surface area contributed by atoms with Gasteiger partial charge in [0.15, 0.2) is 0 Å². The summed E-state index contributed by atoms with van der Waals surface area (Å²) in [5, 5.41) is 9.12. The van der Waals surface area contributed by atoms with Gasteiger partial charge in [0.05, 0.1) is 15.8 Å². The number of aromatic nitrogens is 1. The summed E-state index contributed by atoms with van der Waals surface area (Å²) in [5.74, 6) is 0.833. The van der Waals surface area contributed by atoms with Crippen LogP contribution in [0.1, 0.15) is 28.1 Å². The second-order valence-corrected chi connectivity index (χ2v) is 9.44. The van der Waals surface area contributed by atoms with E-state index >= 15 is 0 Å². The second kappa shape index (κ2) is 10.8. The highest BCUT2D eigenvalue weighted by Gasteiger charge is 2.28. The lowest BCUT2D eigenvalue weighted by molar-refractivity contribution is -0.125. The number of rotatable bonds is 7. The molecule has 1 fully saturated rings. The van der Waals surface area contributed by atoms with E-state index in [1.807, 2.05) is 43.6 Å². The third kappa shape index (κ3) is 6.55. The summed E-state index contributed by atoms with van der Waals surface area (Å²) in [4.78, 5) is 32.3. The molecule has 6 nitrogen and oxygen atoms in total. The number of thioether (sulfide) groups is 1. The predicted octanol–water partition coefficient (Wildman–Crippen LogP) is 2.80. The Bertz CT molecular complexity index is 812. The van der Waals surface area contributed by atoms with Gasteiger partial charge in [-0.25, -0.2) is 4.98 Å². The standard InChI is InChI=1S/C21H28N4O2S2/c1-15-8-11-29-19(15)21(27)24-17-7-6-16(13-25(2)14-17)20(26)23-10-12-28-18-5-3-4-9-22-18/h3-5,8-9,11,16-17H,6-7,10,12-14H2,1-2H3,(H,23,26)(H,24,27)/t16-,17+/m1/s1. The van der Waals surface area contributed by atoms with E-state index in [-0.39, 0.29) is 23.8 Å². The Hall–Kier alpha value is -1.90. The van der Waals surface area contributed by atoms with Gasteiger partial charge < -0.3 is 15.5 Å². The van der Waals surface area contributed by atoms with Crippen LogP contribution in [-0.4, -0.2) is 60.2 Å². The molecule has 3 heterocycles. The van der Waals surface area contributed by atoms with Gasteiger partial charge in [0, 0.05) is 37.6 Å². The lowest BCUT2D eigenvalue weighted by Gasteiger charge is -2.21. The van der Waals surface area contributed by atoms with Crippen molar-refractivity contribution in [2.45, 2.75) is 30.8 Å². The molecule has 0 spiro atoms. The first-order valence-corrected chi connectivity index (χ1v) is 11.7. The molecule has 1 aliphatic rings. The van der Waals surface area contributed by atoms with Crippen LogP contribution in [0.4, 0.5) is 0 Å². The topological polar surface area (TPSA) is 74.3 Å². The summed E-state index contributed by atoms with van der Waals surface area (Å²) < 4.78 is 0. The molecule has 2 atom stereocenters. The second-order valence-electron chi connectivity index (χ2n) is 7.41. The van der Waals surface area contributed by atoms with Crippen molar-refractivity contribution in [1.82, 2.24) is 20.5 Å². The van der Waals surface area contributed by atoms with E-state index in [4.69, 9.17) is 0 Å². The van der Waals surface area contributed by atoms with Crippen molar-refractivity contribution in [3.8, 4) is 0 Å². The Labute approximate surface area is 180 Å². The van der Waals surface area contributed by atoms with E-state index in [0.29, 0.717) is 13.1 Å². The molecule has 0 radical (unpaired) electrons. The Morgan fingerprint density at radius 1 is 1.28 bits per heavy atom. The van der Waals surface area contributed by atoms with Crippen molar-refractivity contribution in [1.29, 1.82) is 0 Å². The fourth-order valence-corrected chi connectivity index (χ4v) is 5.06. The quantitative estimate of drug-likeness (QED) is 0.520. The van der Waals surface area contributed by atoms with E-state index in [1.165, 1.54) is 11.3 Å². The van der Waals surface area contributed by atoms with Gasteiger partial charge in [-0.2, -0.15) is 0 Å². The summed E-state index contributed by atoms with van der Waals surface area (Å²) in [7, 11) is 2.01. The lowest BCUT2D eigenvalue weighted by Crippen LogP contribution is -2.42. The maximum absolute atomic E-state index is 12.6. The molecular formula is C21H28N4O2S2. The molecule has 2 aromatic rings. The van der Waals surface area contributed by atoms with Gasteiger partial charge in [-0.15, -0.1) is 23.1 Å². The fourth-order valence-electron chi connectivity index (χ4n) is 3.51. The third-order valence-corrected chi connectivity index (χ3v) is 6.95. The molecule has 2 aromatic heterocycles. The summed E-state index contributed by atoms with van der Waals surface area (Å²) in [5.41, 5.74) is 1.01. The van der Waals surface area contributed by atoms with Gasteiger partial charge in [-0.1, -0.05) is 6.07 Å². The number of likely N-dealkylation sites (N-methyl/N-ethyl adjacent to an activating group) is 1. The van der Waals surface area contributed by atoms with Gasteiger partial charge in [0.1, 0.15) is 0 Å². The zero-order valence-corrected chi connectivity index (χ0v) is 18.5. The van der Waals surface area contributed by atoms with E-state index < -0.39 is 0 Å². The Morgan fingerprint density at radius 2 is 2.14 bits per heavy atom. The maximum Gasteiger partial charge on any atom is 0.261 e. The minimum atomic E-state index is -0.0507. The number of hydrogen-bond donors (Lipinski definition) is 2. The first-order valence-electron chi connectivity index (χ1n) is 9.88. The average molecular weight is 433 g/mol. The monoisotopic (exact) mass is 432 g/mol. The van der Waals surface area contributed by atoms with Crippen LogP contribution in [0.25, 0.3) is 0 Å². The molecule has 2 N–H and O–H groups in total. The minimum absolute atomic E-state index is 0.00894. The molecule has 3 rings (SSSR count). The fraction of sp³-hybridized carbons (Fsp3) is 0.476. The van der Waals surface area contributed by atoms with Crippen LogP contribution in [-0.2, 0) is 4.79 Å². The van der Waals surface area contributed by atoms with Gasteiger partial charge in [0.25, 0.3) is 5.91 Å². The molecule has 0 bridgehead atoms. The number of nitrogens with one attached hydrogen (secondary N) is 2. The number of nitrogens with zero attached hydrogens (tertiary/aromatic N) is 2. The van der Waals surface area contributed by atoms with Crippen molar-refractivity contribution in [3.05, 3.63) is 46.3 Å². The Morgan fingerprint density at radius 3 is 2.86 bits per heavy atom. The Balaban J connectivity index is 1.43. The van der Waals surface area contributed by atoms with Crippen LogP contribution in [0.2, 0.25) is 0 Å². The largest absolute Gasteiger partial charge is 0.355 e. The van der Waals surface area contributed by atoms with Crippen molar-refractivity contribution < 1.29 is 9.59 Å². The van der Waals surface area contributed by atoms with Crippen molar-refractivity contribution in [2.24, 2.45) is 5.92 Å². The van der Waals surface area contributed by atoms with Gasteiger partial charge in [0.2, 0.25) is 5.91 Å². The van der Waals surface area contributed by atoms with Crippen LogP contribution in [0.3, 0.4) is 0 Å². The van der Waals surface area contributed by atoms with Crippen LogP contribution in [0.15, 0.2) is 40.9 Å². The van der Waals surface area contributed by atoms with E-state index in [2.05, 4.69) is 20.5 Å². The minimum Gasteiger partial charge on any atom is -0.355 e. The smallest absolute Gasteiger partial charge is 0.261 e. The summed E-state index contributed by atoms with van der Waals surface area (Å²) in [6.45, 7) is 4.05. The van der Waals surface area contributed by atoms with Crippen LogP contribution in [0.5, 0.6) is 0 Å². The Kier molecular flexibility index (Phi) is 8.09. The number of hydrogen-bond acceptors (Lipinski definition) is 6. The molecule has 0 aliphatic carbocycles. The highest BCUT2D eigenvalue weighted by Crippen LogP contribution is 2.19. The summed E-state index contributed by atoms with van der Waals surface area (Å²) >= 11 is 3.11. The third-order valence-electron chi connectivity index (χ3n) is 4.99. The number of carbonyl (C=O) groups is 2. The summed E-state index contributed by atoms with van der Waals surface area (Å²) in [6.07, 6.45) is 3.36. The predicted molar refractivity (Wildman–Crippen MR) is 119 cm³/mol. The van der Waals surface area contributed by atoms with E-state index in [1.54, 1.807) is 18.0 Å². The van der Waals surface area contributed by atoms with E-state index in [0.717, 1.165) is 40.6 Å². The normalized spacial score (nSPS) is 20.1. The highest BCUT2D eigenvalue weighted by atomic mass is 32.2. The van der Waals surface area contributed by atoms with Crippen molar-refractivity contribution in [2.75, 3.05) is 32.4 Å². The van der Waals surface area contributed by atoms with E-state index in [9.17, 15) is 9.59 Å². The number of thiophene rings is 1. The van der Waals surface area contributed by atoms with Crippen LogP contribution >= 0.6 is 23.1 Å². The number of pyridine rings is 1. The molecule has 0 saturated carbocycles. The molecule has 8 heteroatoms. The molecule has 2 amide bonds. The van der Waals surface area contributed by atoms with Gasteiger partial charge in [-0.05, 0) is 56.0 Å². The number of carbonyl (C=O) groups excluding carboxylic acids is 2. The zero-order chi connectivity index (χ0) is 20.6. The SMILES string of the molecule is Cc1ccsc1C(=O)N[C@H]1CC[C@@H](C(=O)NCCSc2ccccn2)CN(C)C1. The van der Waals surface area contributed by atoms with Crippen LogP contribution < -0.4 is 10.6 Å². The number of amides is 2. The van der Waals surface area contributed by atoms with Crippen molar-refractivity contribution >= 4 is 34.9 Å². The molecule has 156 valence electrons. The molecular weight excluding hydrogens is 404 g/mol. The molecule has 0 aromatic carbocycles. The first-order chi connectivity index (χ1) is 14.0. The van der Waals surface area contributed by atoms with Crippen molar-refractivity contribution in [3.63, 3.8) is 0 Å². The summed E-state index contributed by atoms with van der Waals surface area (Å²) in [6, 6.07) is 7.85. The average Bonchev–Trinajstić information content (AvgIpc) is 3.05. The molecule has 29 heavy (non-hydrogen) atoms. The lowest BCUT2D eigenvalue weighted by atomic mass is 10.0. The first kappa shape index (κ1) is 21.8. The molecule has 1 saturated heterocycles. The molecule has 1 aliphatic heterocycles.